The highest BCUT2D eigenvalue weighted by molar-refractivity contribution is 5.82. The lowest BCUT2D eigenvalue weighted by molar-refractivity contribution is -0.160. The molecule has 0 N–H and O–H groups in total. The Balaban J connectivity index is 2.93. The maximum Gasteiger partial charge on any atom is 0.411 e. The first-order valence-electron chi connectivity index (χ1n) is 7.79. The zero-order chi connectivity index (χ0) is 17.1. The van der Waals surface area contributed by atoms with Crippen molar-refractivity contribution in [2.45, 2.75) is 84.1 Å². The van der Waals surface area contributed by atoms with Gasteiger partial charge in [-0.25, -0.2) is 9.59 Å². The molecule has 1 rings (SSSR count). The topological polar surface area (TPSA) is 55.8 Å². The molecule has 1 fully saturated rings. The second-order valence-electron chi connectivity index (χ2n) is 7.69. The Hall–Kier alpha value is -1.52. The third-order valence-electron chi connectivity index (χ3n) is 3.22. The third kappa shape index (κ3) is 5.35. The number of amides is 1. The van der Waals surface area contributed by atoms with E-state index in [1.165, 1.54) is 4.90 Å². The lowest BCUT2D eigenvalue weighted by Gasteiger charge is -2.32. The van der Waals surface area contributed by atoms with Crippen molar-refractivity contribution in [3.8, 4) is 0 Å². The van der Waals surface area contributed by atoms with Gasteiger partial charge in [0.25, 0.3) is 0 Å². The van der Waals surface area contributed by atoms with E-state index in [1.807, 2.05) is 41.5 Å². The van der Waals surface area contributed by atoms with Gasteiger partial charge < -0.3 is 9.47 Å². The molecule has 5 heteroatoms. The van der Waals surface area contributed by atoms with Gasteiger partial charge in [0.1, 0.15) is 17.2 Å². The molecule has 2 atom stereocenters. The van der Waals surface area contributed by atoms with Crippen LogP contribution in [-0.4, -0.2) is 40.2 Å². The normalized spacial score (nSPS) is 22.4. The zero-order valence-electron chi connectivity index (χ0n) is 14.6. The molecule has 126 valence electrons. The smallest absolute Gasteiger partial charge is 0.411 e. The van der Waals surface area contributed by atoms with E-state index in [4.69, 9.17) is 9.47 Å². The van der Waals surface area contributed by atoms with Crippen molar-refractivity contribution in [2.75, 3.05) is 0 Å². The molecule has 1 saturated heterocycles. The number of carbonyl (C=O) groups excluding carboxylic acids is 2. The molecule has 0 radical (unpaired) electrons. The maximum absolute atomic E-state index is 12.5. The highest BCUT2D eigenvalue weighted by Gasteiger charge is 2.43. The van der Waals surface area contributed by atoms with Crippen LogP contribution in [0, 0.1) is 0 Å². The Morgan fingerprint density at radius 3 is 2.09 bits per heavy atom. The largest absolute Gasteiger partial charge is 0.458 e. The van der Waals surface area contributed by atoms with Gasteiger partial charge in [0.05, 0.1) is 0 Å². The predicted octanol–water partition coefficient (Wildman–Crippen LogP) is 3.67. The van der Waals surface area contributed by atoms with Gasteiger partial charge in [-0.05, 0) is 60.8 Å². The summed E-state index contributed by atoms with van der Waals surface area (Å²) in [5, 5.41) is 0. The van der Waals surface area contributed by atoms with Crippen molar-refractivity contribution in [2.24, 2.45) is 0 Å². The average Bonchev–Trinajstić information content (AvgIpc) is 2.68. The Kier molecular flexibility index (Phi) is 5.65. The molecule has 1 amide bonds. The maximum atomic E-state index is 12.5. The van der Waals surface area contributed by atoms with E-state index < -0.39 is 23.3 Å². The number of esters is 1. The first-order chi connectivity index (χ1) is 9.94. The van der Waals surface area contributed by atoms with Crippen LogP contribution in [0.4, 0.5) is 4.79 Å². The standard InChI is InChI=1S/C17H29NO4/c1-8-9-12-10-11-13(14(19)21-16(2,3)4)18(12)15(20)22-17(5,6)7/h8,12-13H,1,9-11H2,2-7H3/t12-,13-/m0/s1. The monoisotopic (exact) mass is 311 g/mol. The molecule has 0 aromatic heterocycles. The Labute approximate surface area is 133 Å². The summed E-state index contributed by atoms with van der Waals surface area (Å²) in [4.78, 5) is 26.4. The lowest BCUT2D eigenvalue weighted by Crippen LogP contribution is -2.48. The van der Waals surface area contributed by atoms with Crippen molar-refractivity contribution in [3.63, 3.8) is 0 Å². The number of ether oxygens (including phenoxy) is 2. The van der Waals surface area contributed by atoms with Gasteiger partial charge in [0, 0.05) is 6.04 Å². The van der Waals surface area contributed by atoms with Gasteiger partial charge in [0.2, 0.25) is 0 Å². The Morgan fingerprint density at radius 1 is 1.09 bits per heavy atom. The summed E-state index contributed by atoms with van der Waals surface area (Å²) in [6, 6.07) is -0.649. The molecule has 5 nitrogen and oxygen atoms in total. The van der Waals surface area contributed by atoms with Crippen molar-refractivity contribution >= 4 is 12.1 Å². The Bertz CT molecular complexity index is 431. The summed E-state index contributed by atoms with van der Waals surface area (Å²) in [5.74, 6) is -0.370. The zero-order valence-corrected chi connectivity index (χ0v) is 14.6. The molecular formula is C17H29NO4. The lowest BCUT2D eigenvalue weighted by atomic mass is 10.1. The van der Waals surface area contributed by atoms with Crippen molar-refractivity contribution in [1.29, 1.82) is 0 Å². The molecule has 1 aliphatic heterocycles. The third-order valence-corrected chi connectivity index (χ3v) is 3.22. The van der Waals surface area contributed by atoms with E-state index in [0.29, 0.717) is 12.8 Å². The van der Waals surface area contributed by atoms with E-state index in [-0.39, 0.29) is 12.0 Å². The predicted molar refractivity (Wildman–Crippen MR) is 85.5 cm³/mol. The number of nitrogens with zero attached hydrogens (tertiary/aromatic N) is 1. The van der Waals surface area contributed by atoms with Crippen molar-refractivity contribution in [3.05, 3.63) is 12.7 Å². The SMILES string of the molecule is C=CC[C@H]1CC[C@@H](C(=O)OC(C)(C)C)N1C(=O)OC(C)(C)C. The number of hydrogen-bond acceptors (Lipinski definition) is 4. The summed E-state index contributed by atoms with van der Waals surface area (Å²) < 4.78 is 10.9. The van der Waals surface area contributed by atoms with Gasteiger partial charge in [-0.2, -0.15) is 0 Å². The van der Waals surface area contributed by atoms with Crippen LogP contribution in [-0.2, 0) is 14.3 Å². The number of likely N-dealkylation sites (tertiary alicyclic amines) is 1. The van der Waals surface area contributed by atoms with Gasteiger partial charge in [0.15, 0.2) is 0 Å². The van der Waals surface area contributed by atoms with Crippen molar-refractivity contribution in [1.82, 2.24) is 4.90 Å². The molecule has 22 heavy (non-hydrogen) atoms. The van der Waals surface area contributed by atoms with Crippen molar-refractivity contribution < 1.29 is 19.1 Å². The molecule has 0 saturated carbocycles. The quantitative estimate of drug-likeness (QED) is 0.589. The summed E-state index contributed by atoms with van der Waals surface area (Å²) in [6.45, 7) is 14.6. The molecular weight excluding hydrogens is 282 g/mol. The highest BCUT2D eigenvalue weighted by atomic mass is 16.6. The van der Waals surface area contributed by atoms with E-state index >= 15 is 0 Å². The van der Waals surface area contributed by atoms with Gasteiger partial charge in [-0.1, -0.05) is 6.08 Å². The van der Waals surface area contributed by atoms with Crippen LogP contribution >= 0.6 is 0 Å². The molecule has 0 aliphatic carbocycles. The average molecular weight is 311 g/mol. The molecule has 1 aliphatic rings. The van der Waals surface area contributed by atoms with Gasteiger partial charge in [-0.3, -0.25) is 4.90 Å². The van der Waals surface area contributed by atoms with Crippen LogP contribution in [0.3, 0.4) is 0 Å². The first-order valence-corrected chi connectivity index (χ1v) is 7.79. The Morgan fingerprint density at radius 2 is 1.64 bits per heavy atom. The number of carbonyl (C=O) groups is 2. The number of hydrogen-bond donors (Lipinski definition) is 0. The molecule has 0 bridgehead atoms. The van der Waals surface area contributed by atoms with Gasteiger partial charge >= 0.3 is 12.1 Å². The minimum Gasteiger partial charge on any atom is -0.458 e. The van der Waals surface area contributed by atoms with Gasteiger partial charge in [-0.15, -0.1) is 6.58 Å². The molecule has 0 aromatic rings. The summed E-state index contributed by atoms with van der Waals surface area (Å²) in [5.41, 5.74) is -1.18. The first kappa shape index (κ1) is 18.5. The molecule has 0 spiro atoms. The summed E-state index contributed by atoms with van der Waals surface area (Å²) in [6.07, 6.45) is 3.27. The van der Waals surface area contributed by atoms with E-state index in [1.54, 1.807) is 6.08 Å². The fourth-order valence-corrected chi connectivity index (χ4v) is 2.50. The van der Waals surface area contributed by atoms with E-state index in [9.17, 15) is 9.59 Å². The second-order valence-corrected chi connectivity index (χ2v) is 7.69. The minimum absolute atomic E-state index is 0.0649. The van der Waals surface area contributed by atoms with E-state index in [0.717, 1.165) is 6.42 Å². The molecule has 0 aromatic carbocycles. The summed E-state index contributed by atoms with van der Waals surface area (Å²) in [7, 11) is 0. The molecule has 1 heterocycles. The van der Waals surface area contributed by atoms with Crippen LogP contribution in [0.15, 0.2) is 12.7 Å². The minimum atomic E-state index is -0.600. The van der Waals surface area contributed by atoms with Crippen LogP contribution in [0.2, 0.25) is 0 Å². The fraction of sp³-hybridized carbons (Fsp3) is 0.765. The van der Waals surface area contributed by atoms with Crippen LogP contribution in [0.1, 0.15) is 60.8 Å². The van der Waals surface area contributed by atoms with E-state index in [2.05, 4.69) is 6.58 Å². The fourth-order valence-electron chi connectivity index (χ4n) is 2.50. The van der Waals surface area contributed by atoms with Crippen LogP contribution in [0.25, 0.3) is 0 Å². The second kappa shape index (κ2) is 6.71. The highest BCUT2D eigenvalue weighted by Crippen LogP contribution is 2.30. The molecule has 0 unspecified atom stereocenters. The van der Waals surface area contributed by atoms with Crippen LogP contribution in [0.5, 0.6) is 0 Å². The number of rotatable bonds is 3. The summed E-state index contributed by atoms with van der Waals surface area (Å²) >= 11 is 0. The van der Waals surface area contributed by atoms with Crippen LogP contribution < -0.4 is 0 Å².